The number of carbonyl (C=O) groups excluding carboxylic acids is 1. The van der Waals surface area contributed by atoms with Crippen LogP contribution in [0.4, 0.5) is 5.69 Å². The number of amides is 1. The Balaban J connectivity index is 2.27. The van der Waals surface area contributed by atoms with Gasteiger partial charge in [-0.1, -0.05) is 0 Å². The zero-order valence-electron chi connectivity index (χ0n) is 11.5. The van der Waals surface area contributed by atoms with Crippen LogP contribution in [0.1, 0.15) is 10.4 Å². The van der Waals surface area contributed by atoms with E-state index in [-0.39, 0.29) is 4.90 Å². The number of methoxy groups -OCH3 is 1. The van der Waals surface area contributed by atoms with Crippen molar-refractivity contribution in [2.24, 2.45) is 5.73 Å². The third-order valence-electron chi connectivity index (χ3n) is 2.86. The van der Waals surface area contributed by atoms with Crippen molar-refractivity contribution in [1.82, 2.24) is 0 Å². The zero-order valence-corrected chi connectivity index (χ0v) is 14.5. The van der Waals surface area contributed by atoms with Crippen LogP contribution >= 0.6 is 22.6 Å². The Morgan fingerprint density at radius 2 is 1.82 bits per heavy atom. The minimum atomic E-state index is -3.72. The predicted molar refractivity (Wildman–Crippen MR) is 91.5 cm³/mol. The summed E-state index contributed by atoms with van der Waals surface area (Å²) in [7, 11) is -2.20. The van der Waals surface area contributed by atoms with Gasteiger partial charge >= 0.3 is 0 Å². The lowest BCUT2D eigenvalue weighted by Crippen LogP contribution is -2.14. The first-order chi connectivity index (χ1) is 10.3. The molecule has 0 spiro atoms. The molecule has 2 aromatic carbocycles. The van der Waals surface area contributed by atoms with E-state index < -0.39 is 15.9 Å². The number of ether oxygens (including phenoxy) is 1. The lowest BCUT2D eigenvalue weighted by atomic mass is 10.2. The SMILES string of the molecule is COc1ccc(S(=O)(=O)Nc2ccc(C(N)=O)cc2)cc1I. The highest BCUT2D eigenvalue weighted by molar-refractivity contribution is 14.1. The van der Waals surface area contributed by atoms with Gasteiger partial charge in [0.05, 0.1) is 15.6 Å². The van der Waals surface area contributed by atoms with E-state index in [1.54, 1.807) is 6.07 Å². The molecular weight excluding hydrogens is 419 g/mol. The second-order valence-corrected chi connectivity index (χ2v) is 7.19. The number of primary amides is 1. The fraction of sp³-hybridized carbons (Fsp3) is 0.0714. The number of sulfonamides is 1. The lowest BCUT2D eigenvalue weighted by Gasteiger charge is -2.10. The summed E-state index contributed by atoms with van der Waals surface area (Å²) in [6, 6.07) is 10.4. The topological polar surface area (TPSA) is 98.5 Å². The van der Waals surface area contributed by atoms with E-state index in [9.17, 15) is 13.2 Å². The summed E-state index contributed by atoms with van der Waals surface area (Å²) in [5.41, 5.74) is 5.79. The van der Waals surface area contributed by atoms with Crippen LogP contribution in [-0.2, 0) is 10.0 Å². The highest BCUT2D eigenvalue weighted by atomic mass is 127. The molecule has 0 aliphatic heterocycles. The monoisotopic (exact) mass is 432 g/mol. The molecule has 6 nitrogen and oxygen atoms in total. The molecule has 0 atom stereocenters. The van der Waals surface area contributed by atoms with Gasteiger partial charge in [-0.3, -0.25) is 9.52 Å². The second kappa shape index (κ2) is 6.53. The zero-order chi connectivity index (χ0) is 16.3. The largest absolute Gasteiger partial charge is 0.496 e. The molecule has 0 fully saturated rings. The predicted octanol–water partition coefficient (Wildman–Crippen LogP) is 2.20. The maximum atomic E-state index is 12.3. The highest BCUT2D eigenvalue weighted by Gasteiger charge is 2.16. The first kappa shape index (κ1) is 16.6. The summed E-state index contributed by atoms with van der Waals surface area (Å²) in [4.78, 5) is 11.1. The Hall–Kier alpha value is -1.81. The van der Waals surface area contributed by atoms with Gasteiger partial charge in [0.15, 0.2) is 0 Å². The summed E-state index contributed by atoms with van der Waals surface area (Å²) in [5, 5.41) is 0. The standard InChI is InChI=1S/C14H13IN2O4S/c1-21-13-7-6-11(8-12(13)15)22(19,20)17-10-4-2-9(3-5-10)14(16)18/h2-8,17H,1H3,(H2,16,18). The maximum Gasteiger partial charge on any atom is 0.261 e. The number of benzene rings is 2. The molecule has 0 bridgehead atoms. The van der Waals surface area contributed by atoms with E-state index in [2.05, 4.69) is 4.72 Å². The van der Waals surface area contributed by atoms with Gasteiger partial charge in [-0.2, -0.15) is 0 Å². The van der Waals surface area contributed by atoms with Gasteiger partial charge in [0.1, 0.15) is 5.75 Å². The van der Waals surface area contributed by atoms with Crippen LogP contribution in [0.15, 0.2) is 47.4 Å². The van der Waals surface area contributed by atoms with E-state index in [0.29, 0.717) is 20.6 Å². The Labute approximate surface area is 141 Å². The van der Waals surface area contributed by atoms with Crippen LogP contribution < -0.4 is 15.2 Å². The van der Waals surface area contributed by atoms with E-state index >= 15 is 0 Å². The molecular formula is C14H13IN2O4S. The average Bonchev–Trinajstić information content (AvgIpc) is 2.47. The molecule has 0 aliphatic rings. The number of hydrogen-bond acceptors (Lipinski definition) is 4. The van der Waals surface area contributed by atoms with Gasteiger partial charge in [-0.25, -0.2) is 8.42 Å². The van der Waals surface area contributed by atoms with E-state index in [4.69, 9.17) is 10.5 Å². The first-order valence-corrected chi connectivity index (χ1v) is 8.66. The Morgan fingerprint density at radius 3 is 2.32 bits per heavy atom. The van der Waals surface area contributed by atoms with Crippen molar-refractivity contribution >= 4 is 44.2 Å². The number of hydrogen-bond donors (Lipinski definition) is 2. The third kappa shape index (κ3) is 3.69. The summed E-state index contributed by atoms with van der Waals surface area (Å²) in [5.74, 6) is 0.0319. The molecule has 2 rings (SSSR count). The van der Waals surface area contributed by atoms with Crippen LogP contribution in [0.5, 0.6) is 5.75 Å². The van der Waals surface area contributed by atoms with E-state index in [1.165, 1.54) is 43.5 Å². The molecule has 0 saturated heterocycles. The van der Waals surface area contributed by atoms with Crippen LogP contribution in [-0.4, -0.2) is 21.4 Å². The van der Waals surface area contributed by atoms with Crippen LogP contribution in [0, 0.1) is 3.57 Å². The van der Waals surface area contributed by atoms with Crippen molar-refractivity contribution in [3.05, 3.63) is 51.6 Å². The molecule has 0 unspecified atom stereocenters. The Kier molecular flexibility index (Phi) is 4.91. The fourth-order valence-electron chi connectivity index (χ4n) is 1.73. The number of rotatable bonds is 5. The number of carbonyl (C=O) groups is 1. The van der Waals surface area contributed by atoms with Crippen molar-refractivity contribution in [3.63, 3.8) is 0 Å². The molecule has 0 heterocycles. The van der Waals surface area contributed by atoms with Gasteiger partial charge in [0.2, 0.25) is 5.91 Å². The summed E-state index contributed by atoms with van der Waals surface area (Å²) in [6.45, 7) is 0. The third-order valence-corrected chi connectivity index (χ3v) is 5.08. The number of anilines is 1. The number of nitrogens with one attached hydrogen (secondary N) is 1. The normalized spacial score (nSPS) is 11.0. The van der Waals surface area contributed by atoms with Gasteiger partial charge in [-0.15, -0.1) is 0 Å². The van der Waals surface area contributed by atoms with Crippen molar-refractivity contribution < 1.29 is 17.9 Å². The Bertz CT molecular complexity index is 804. The molecule has 0 radical (unpaired) electrons. The van der Waals surface area contributed by atoms with Crippen LogP contribution in [0.3, 0.4) is 0 Å². The molecule has 2 aromatic rings. The summed E-state index contributed by atoms with van der Waals surface area (Å²) < 4.78 is 32.9. The molecule has 0 saturated carbocycles. The molecule has 3 N–H and O–H groups in total. The lowest BCUT2D eigenvalue weighted by molar-refractivity contribution is 0.100. The molecule has 0 aromatic heterocycles. The van der Waals surface area contributed by atoms with Crippen molar-refractivity contribution in [2.45, 2.75) is 4.90 Å². The summed E-state index contributed by atoms with van der Waals surface area (Å²) in [6.07, 6.45) is 0. The molecule has 1 amide bonds. The second-order valence-electron chi connectivity index (χ2n) is 4.34. The maximum absolute atomic E-state index is 12.3. The van der Waals surface area contributed by atoms with Crippen molar-refractivity contribution in [1.29, 1.82) is 0 Å². The fourth-order valence-corrected chi connectivity index (χ4v) is 3.76. The summed E-state index contributed by atoms with van der Waals surface area (Å²) >= 11 is 2.00. The van der Waals surface area contributed by atoms with E-state index in [0.717, 1.165) is 0 Å². The molecule has 0 aliphatic carbocycles. The molecule has 8 heteroatoms. The van der Waals surface area contributed by atoms with Crippen molar-refractivity contribution in [2.75, 3.05) is 11.8 Å². The Morgan fingerprint density at radius 1 is 1.18 bits per heavy atom. The van der Waals surface area contributed by atoms with Gasteiger partial charge < -0.3 is 10.5 Å². The quantitative estimate of drug-likeness (QED) is 0.708. The number of halogens is 1. The average molecular weight is 432 g/mol. The van der Waals surface area contributed by atoms with Gasteiger partial charge in [0.25, 0.3) is 10.0 Å². The number of nitrogens with two attached hydrogens (primary N) is 1. The van der Waals surface area contributed by atoms with E-state index in [1.807, 2.05) is 22.6 Å². The van der Waals surface area contributed by atoms with Gasteiger partial charge in [-0.05, 0) is 65.1 Å². The van der Waals surface area contributed by atoms with Crippen LogP contribution in [0.25, 0.3) is 0 Å². The molecule has 22 heavy (non-hydrogen) atoms. The van der Waals surface area contributed by atoms with Crippen molar-refractivity contribution in [3.8, 4) is 5.75 Å². The first-order valence-electron chi connectivity index (χ1n) is 6.10. The van der Waals surface area contributed by atoms with Crippen LogP contribution in [0.2, 0.25) is 0 Å². The minimum Gasteiger partial charge on any atom is -0.496 e. The molecule has 116 valence electrons. The smallest absolute Gasteiger partial charge is 0.261 e. The minimum absolute atomic E-state index is 0.122. The van der Waals surface area contributed by atoms with Gasteiger partial charge in [0, 0.05) is 11.3 Å². The highest BCUT2D eigenvalue weighted by Crippen LogP contribution is 2.25.